The zero-order valence-electron chi connectivity index (χ0n) is 15.6. The minimum absolute atomic E-state index is 0.684. The summed E-state index contributed by atoms with van der Waals surface area (Å²) < 4.78 is 6.68. The molecule has 0 aliphatic rings. The van der Waals surface area contributed by atoms with Gasteiger partial charge in [0.25, 0.3) is 0 Å². The lowest BCUT2D eigenvalue weighted by atomic mass is 9.97. The summed E-state index contributed by atoms with van der Waals surface area (Å²) in [5, 5.41) is 2.88. The summed E-state index contributed by atoms with van der Waals surface area (Å²) in [5.74, 6) is 0.814. The van der Waals surface area contributed by atoms with E-state index < -0.39 is 0 Å². The normalized spacial score (nSPS) is 11.4. The van der Waals surface area contributed by atoms with Crippen LogP contribution >= 0.6 is 27.5 Å². The molecule has 0 unspecified atom stereocenters. The summed E-state index contributed by atoms with van der Waals surface area (Å²) >= 11 is 10.0. The van der Waals surface area contributed by atoms with Gasteiger partial charge < -0.3 is 15.5 Å². The predicted molar refractivity (Wildman–Crippen MR) is 120 cm³/mol. The van der Waals surface area contributed by atoms with Gasteiger partial charge in [-0.3, -0.25) is 4.98 Å². The zero-order chi connectivity index (χ0) is 19.7. The Kier molecular flexibility index (Phi) is 5.58. The lowest BCUT2D eigenvalue weighted by Crippen LogP contribution is -2.00. The van der Waals surface area contributed by atoms with Gasteiger partial charge in [0.05, 0.1) is 23.8 Å². The summed E-state index contributed by atoms with van der Waals surface area (Å²) in [6.07, 6.45) is 4.69. The summed E-state index contributed by atoms with van der Waals surface area (Å²) in [7, 11) is 1.70. The molecule has 2 aromatic heterocycles. The number of methoxy groups -OCH3 is 1. The van der Waals surface area contributed by atoms with Gasteiger partial charge in [-0.05, 0) is 77.6 Å². The van der Waals surface area contributed by atoms with Crippen molar-refractivity contribution in [1.82, 2.24) is 9.97 Å². The number of benzene rings is 2. The molecule has 4 nitrogen and oxygen atoms in total. The first kappa shape index (κ1) is 19.2. The molecule has 0 aliphatic heterocycles. The number of aryl methyl sites for hydroxylation is 1. The van der Waals surface area contributed by atoms with Gasteiger partial charge in [0.2, 0.25) is 0 Å². The Morgan fingerprint density at radius 3 is 2.82 bits per heavy atom. The Labute approximate surface area is 177 Å². The minimum atomic E-state index is 0.684. The average molecular weight is 459 g/mol. The number of aromatic amines is 1. The summed E-state index contributed by atoms with van der Waals surface area (Å²) in [5.41, 5.74) is 11.0. The van der Waals surface area contributed by atoms with Crippen LogP contribution in [0.4, 0.5) is 0 Å². The minimum Gasteiger partial charge on any atom is -0.496 e. The first-order valence-electron chi connectivity index (χ1n) is 9.25. The molecule has 0 spiro atoms. The average Bonchev–Trinajstić information content (AvgIpc) is 3.05. The number of ether oxygens (including phenoxy) is 1. The van der Waals surface area contributed by atoms with Crippen molar-refractivity contribution in [3.8, 4) is 17.0 Å². The number of hydrogen-bond donors (Lipinski definition) is 2. The fourth-order valence-electron chi connectivity index (χ4n) is 3.75. The maximum atomic E-state index is 6.37. The monoisotopic (exact) mass is 457 g/mol. The number of nitrogens with zero attached hydrogens (tertiary/aromatic N) is 1. The second kappa shape index (κ2) is 8.11. The molecule has 0 amide bonds. The van der Waals surface area contributed by atoms with E-state index in [1.807, 2.05) is 36.5 Å². The lowest BCUT2D eigenvalue weighted by molar-refractivity contribution is 0.417. The van der Waals surface area contributed by atoms with Crippen LogP contribution < -0.4 is 10.5 Å². The van der Waals surface area contributed by atoms with E-state index in [-0.39, 0.29) is 0 Å². The molecule has 4 aromatic rings. The van der Waals surface area contributed by atoms with E-state index in [0.29, 0.717) is 11.6 Å². The fraction of sp³-hybridized carbons (Fsp3) is 0.227. The van der Waals surface area contributed by atoms with Crippen LogP contribution in [0.1, 0.15) is 18.4 Å². The highest BCUT2D eigenvalue weighted by molar-refractivity contribution is 9.10. The lowest BCUT2D eigenvalue weighted by Gasteiger charge is -2.13. The van der Waals surface area contributed by atoms with Crippen LogP contribution in [0.25, 0.3) is 33.1 Å². The van der Waals surface area contributed by atoms with Crippen LogP contribution in [0.15, 0.2) is 47.1 Å². The number of aromatic nitrogens is 2. The Bertz CT molecular complexity index is 1160. The van der Waals surface area contributed by atoms with Gasteiger partial charge in [-0.1, -0.05) is 17.7 Å². The number of unbranched alkanes of at least 4 members (excludes halogenated alkanes) is 1. The molecule has 2 aromatic carbocycles. The van der Waals surface area contributed by atoms with Crippen LogP contribution in [-0.2, 0) is 6.42 Å². The first-order chi connectivity index (χ1) is 13.6. The predicted octanol–water partition coefficient (Wildman–Crippen LogP) is 6.09. The van der Waals surface area contributed by atoms with Crippen LogP contribution in [0, 0.1) is 0 Å². The molecule has 0 saturated carbocycles. The van der Waals surface area contributed by atoms with Crippen molar-refractivity contribution in [2.75, 3.05) is 13.7 Å². The number of rotatable bonds is 6. The van der Waals surface area contributed by atoms with E-state index in [1.54, 1.807) is 7.11 Å². The third-order valence-electron chi connectivity index (χ3n) is 5.03. The van der Waals surface area contributed by atoms with Crippen molar-refractivity contribution in [2.45, 2.75) is 19.3 Å². The van der Waals surface area contributed by atoms with E-state index >= 15 is 0 Å². The summed E-state index contributed by atoms with van der Waals surface area (Å²) in [6, 6.07) is 11.9. The third kappa shape index (κ3) is 3.39. The molecule has 4 rings (SSSR count). The Hall–Kier alpha value is -2.08. The van der Waals surface area contributed by atoms with E-state index in [4.69, 9.17) is 22.1 Å². The highest BCUT2D eigenvalue weighted by Crippen LogP contribution is 2.42. The molecule has 0 atom stereocenters. The number of nitrogens with one attached hydrogen (secondary N) is 1. The fourth-order valence-corrected chi connectivity index (χ4v) is 4.66. The number of halogens is 2. The molecule has 0 radical (unpaired) electrons. The van der Waals surface area contributed by atoms with Gasteiger partial charge in [-0.15, -0.1) is 0 Å². The second-order valence-electron chi connectivity index (χ2n) is 6.75. The maximum absolute atomic E-state index is 6.37. The number of hydrogen-bond acceptors (Lipinski definition) is 3. The van der Waals surface area contributed by atoms with Gasteiger partial charge in [-0.25, -0.2) is 0 Å². The quantitative estimate of drug-likeness (QED) is 0.344. The van der Waals surface area contributed by atoms with Crippen molar-refractivity contribution in [2.24, 2.45) is 5.73 Å². The van der Waals surface area contributed by atoms with E-state index in [9.17, 15) is 0 Å². The third-order valence-corrected chi connectivity index (χ3v) is 5.87. The molecule has 0 saturated heterocycles. The van der Waals surface area contributed by atoms with E-state index in [1.165, 1.54) is 5.56 Å². The first-order valence-corrected chi connectivity index (χ1v) is 10.4. The standard InChI is InChI=1S/C22H21BrClN3O/c1-28-19-8-7-18-15(6-4-10-26-18)20(19)22-14(5-2-3-9-25)16-11-13(24)12-17(23)21(16)27-22/h4,6-8,10-12,27H,2-3,5,9,25H2,1H3. The van der Waals surface area contributed by atoms with Crippen molar-refractivity contribution >= 4 is 49.3 Å². The zero-order valence-corrected chi connectivity index (χ0v) is 17.9. The van der Waals surface area contributed by atoms with Crippen LogP contribution in [0.3, 0.4) is 0 Å². The van der Waals surface area contributed by atoms with Gasteiger partial charge >= 0.3 is 0 Å². The van der Waals surface area contributed by atoms with E-state index in [2.05, 4.69) is 32.0 Å². The second-order valence-corrected chi connectivity index (χ2v) is 8.04. The Morgan fingerprint density at radius 2 is 2.04 bits per heavy atom. The topological polar surface area (TPSA) is 63.9 Å². The number of nitrogens with two attached hydrogens (primary N) is 1. The van der Waals surface area contributed by atoms with Gasteiger partial charge in [-0.2, -0.15) is 0 Å². The van der Waals surface area contributed by atoms with Crippen molar-refractivity contribution in [3.63, 3.8) is 0 Å². The highest BCUT2D eigenvalue weighted by atomic mass is 79.9. The largest absolute Gasteiger partial charge is 0.496 e. The molecule has 0 bridgehead atoms. The molecule has 144 valence electrons. The van der Waals surface area contributed by atoms with Crippen LogP contribution in [0.2, 0.25) is 5.02 Å². The summed E-state index contributed by atoms with van der Waals surface area (Å²) in [6.45, 7) is 0.684. The Morgan fingerprint density at radius 1 is 1.18 bits per heavy atom. The van der Waals surface area contributed by atoms with Gasteiger partial charge in [0, 0.05) is 32.0 Å². The van der Waals surface area contributed by atoms with Crippen molar-refractivity contribution in [1.29, 1.82) is 0 Å². The van der Waals surface area contributed by atoms with Crippen molar-refractivity contribution in [3.05, 3.63) is 57.7 Å². The molecule has 3 N–H and O–H groups in total. The van der Waals surface area contributed by atoms with Crippen molar-refractivity contribution < 1.29 is 4.74 Å². The van der Waals surface area contributed by atoms with Gasteiger partial charge in [0.15, 0.2) is 0 Å². The number of pyridine rings is 1. The molecule has 6 heteroatoms. The molecule has 0 aliphatic carbocycles. The molecule has 2 heterocycles. The molecular weight excluding hydrogens is 438 g/mol. The number of H-pyrrole nitrogens is 1. The van der Waals surface area contributed by atoms with Crippen LogP contribution in [-0.4, -0.2) is 23.6 Å². The number of fused-ring (bicyclic) bond motifs is 2. The molecule has 0 fully saturated rings. The molecule has 28 heavy (non-hydrogen) atoms. The van der Waals surface area contributed by atoms with Crippen LogP contribution in [0.5, 0.6) is 5.75 Å². The highest BCUT2D eigenvalue weighted by Gasteiger charge is 2.20. The summed E-state index contributed by atoms with van der Waals surface area (Å²) in [4.78, 5) is 8.14. The SMILES string of the molecule is COc1ccc2ncccc2c1-c1[nH]c2c(Br)cc(Cl)cc2c1CCCCN. The van der Waals surface area contributed by atoms with E-state index in [0.717, 1.165) is 62.5 Å². The molecular formula is C22H21BrClN3O. The maximum Gasteiger partial charge on any atom is 0.128 e. The Balaban J connectivity index is 2.05. The van der Waals surface area contributed by atoms with Gasteiger partial charge in [0.1, 0.15) is 5.75 Å². The smallest absolute Gasteiger partial charge is 0.128 e.